The van der Waals surface area contributed by atoms with Crippen molar-refractivity contribution in [3.8, 4) is 6.07 Å². The Labute approximate surface area is 210 Å². The molecule has 3 heterocycles. The second-order valence-electron chi connectivity index (χ2n) is 9.36. The lowest BCUT2D eigenvalue weighted by Gasteiger charge is -2.40. The molecular weight excluding hydrogens is 488 g/mol. The number of carbonyl (C=O) groups excluding carboxylic acids is 2. The molecule has 1 unspecified atom stereocenters. The number of benzene rings is 1. The molecule has 194 valence electrons. The number of ether oxygens (including phenoxy) is 2. The van der Waals surface area contributed by atoms with Gasteiger partial charge in [0, 0.05) is 32.6 Å². The molecule has 0 bridgehead atoms. The van der Waals surface area contributed by atoms with Gasteiger partial charge in [0.05, 0.1) is 36.0 Å². The van der Waals surface area contributed by atoms with Gasteiger partial charge in [0.2, 0.25) is 10.0 Å². The minimum Gasteiger partial charge on any atom is -0.444 e. The first kappa shape index (κ1) is 26.1. The Morgan fingerprint density at radius 1 is 1.22 bits per heavy atom. The second kappa shape index (κ2) is 11.0. The molecule has 0 aromatic heterocycles. The summed E-state index contributed by atoms with van der Waals surface area (Å²) >= 11 is 0. The number of nitrogens with zero attached hydrogens (tertiary/aromatic N) is 3. The van der Waals surface area contributed by atoms with Gasteiger partial charge in [-0.25, -0.2) is 18.7 Å². The lowest BCUT2D eigenvalue weighted by atomic mass is 9.79. The molecule has 2 N–H and O–H groups in total. The van der Waals surface area contributed by atoms with Gasteiger partial charge in [-0.05, 0) is 42.5 Å². The summed E-state index contributed by atoms with van der Waals surface area (Å²) in [7, 11) is -3.85. The third-order valence-corrected chi connectivity index (χ3v) is 9.16. The van der Waals surface area contributed by atoms with Crippen molar-refractivity contribution in [3.05, 3.63) is 41.5 Å². The minimum atomic E-state index is -3.85. The molecule has 2 amide bonds. The van der Waals surface area contributed by atoms with E-state index in [2.05, 4.69) is 6.07 Å². The van der Waals surface area contributed by atoms with E-state index in [4.69, 9.17) is 14.7 Å². The summed E-state index contributed by atoms with van der Waals surface area (Å²) in [5.74, 6) is -1.24. The average Bonchev–Trinajstić information content (AvgIpc) is 3.41. The van der Waals surface area contributed by atoms with E-state index in [1.54, 1.807) is 17.6 Å². The van der Waals surface area contributed by atoms with Crippen molar-refractivity contribution in [1.82, 2.24) is 14.7 Å². The van der Waals surface area contributed by atoms with Gasteiger partial charge in [-0.2, -0.15) is 9.57 Å². The van der Waals surface area contributed by atoms with E-state index in [0.717, 1.165) is 11.1 Å². The molecule has 0 spiro atoms. The zero-order valence-electron chi connectivity index (χ0n) is 19.9. The number of rotatable bonds is 6. The highest BCUT2D eigenvalue weighted by atomic mass is 32.2. The predicted octanol–water partition coefficient (Wildman–Crippen LogP) is 1.49. The summed E-state index contributed by atoms with van der Waals surface area (Å²) < 4.78 is 38.6. The number of nitrogens with one attached hydrogen (secondary N) is 1. The number of hydrogen-bond acceptors (Lipinski definition) is 8. The zero-order chi connectivity index (χ0) is 25.8. The van der Waals surface area contributed by atoms with Crippen LogP contribution in [0.1, 0.15) is 36.8 Å². The first-order valence-electron chi connectivity index (χ1n) is 11.9. The molecule has 1 aromatic rings. The topological polar surface area (TPSA) is 149 Å². The smallest absolute Gasteiger partial charge is 0.410 e. The molecule has 12 heteroatoms. The van der Waals surface area contributed by atoms with Gasteiger partial charge in [0.1, 0.15) is 6.10 Å². The highest BCUT2D eigenvalue weighted by Crippen LogP contribution is 2.35. The molecule has 3 aliphatic rings. The summed E-state index contributed by atoms with van der Waals surface area (Å²) in [6, 6.07) is 9.20. The molecule has 4 rings (SSSR count). The Bertz CT molecular complexity index is 1150. The van der Waals surface area contributed by atoms with E-state index < -0.39 is 33.2 Å². The summed E-state index contributed by atoms with van der Waals surface area (Å²) in [6.45, 7) is 1.58. The van der Waals surface area contributed by atoms with Crippen LogP contribution < -0.4 is 5.48 Å². The first-order valence-corrected chi connectivity index (χ1v) is 13.5. The van der Waals surface area contributed by atoms with Gasteiger partial charge in [0.15, 0.2) is 0 Å². The molecule has 2 saturated heterocycles. The van der Waals surface area contributed by atoms with Crippen molar-refractivity contribution in [3.63, 3.8) is 0 Å². The van der Waals surface area contributed by atoms with Crippen molar-refractivity contribution in [1.29, 1.82) is 5.26 Å². The second-order valence-corrected chi connectivity index (χ2v) is 11.3. The van der Waals surface area contributed by atoms with Crippen LogP contribution in [-0.4, -0.2) is 86.1 Å². The van der Waals surface area contributed by atoms with Crippen LogP contribution >= 0.6 is 0 Å². The number of nitriles is 1. The fraction of sp³-hybridized carbons (Fsp3) is 0.542. The normalized spacial score (nSPS) is 22.4. The number of piperidine rings is 1. The molecule has 1 aromatic carbocycles. The van der Waals surface area contributed by atoms with Crippen LogP contribution in [0.25, 0.3) is 5.57 Å². The molecule has 11 nitrogen and oxygen atoms in total. The van der Waals surface area contributed by atoms with Crippen LogP contribution in [0.15, 0.2) is 30.3 Å². The van der Waals surface area contributed by atoms with Crippen LogP contribution in [-0.2, 0) is 24.3 Å². The number of likely N-dealkylation sites (tertiary alicyclic amines) is 1. The van der Waals surface area contributed by atoms with E-state index >= 15 is 0 Å². The third-order valence-electron chi connectivity index (χ3n) is 7.13. The van der Waals surface area contributed by atoms with Crippen LogP contribution in [0.3, 0.4) is 0 Å². The standard InChI is InChI=1S/C24H30N4O7S/c25-15-18-1-3-19(4-2-18)20-5-10-28(11-6-20)36(32,33)17-24(22(29)26-31)8-12-27(13-9-24)23(30)35-21-7-14-34-16-21/h1-5,21,31H,6-14,16-17H2,(H,26,29). The molecule has 0 saturated carbocycles. The maximum Gasteiger partial charge on any atom is 0.410 e. The number of amides is 2. The lowest BCUT2D eigenvalue weighted by molar-refractivity contribution is -0.141. The molecule has 2 fully saturated rings. The average molecular weight is 519 g/mol. The van der Waals surface area contributed by atoms with Crippen molar-refractivity contribution < 1.29 is 32.7 Å². The summed E-state index contributed by atoms with van der Waals surface area (Å²) in [6.07, 6.45) is 2.31. The Hall–Kier alpha value is -2.98. The van der Waals surface area contributed by atoms with Crippen molar-refractivity contribution in [2.45, 2.75) is 31.8 Å². The Morgan fingerprint density at radius 3 is 2.50 bits per heavy atom. The maximum atomic E-state index is 13.3. The molecule has 1 atom stereocenters. The number of hydroxylamine groups is 1. The molecule has 3 aliphatic heterocycles. The molecule has 0 aliphatic carbocycles. The van der Waals surface area contributed by atoms with Crippen LogP contribution in [0.2, 0.25) is 0 Å². The molecular formula is C24H30N4O7S. The molecule has 0 radical (unpaired) electrons. The summed E-state index contributed by atoms with van der Waals surface area (Å²) in [4.78, 5) is 26.6. The lowest BCUT2D eigenvalue weighted by Crippen LogP contribution is -2.54. The van der Waals surface area contributed by atoms with Crippen molar-refractivity contribution >= 4 is 27.6 Å². The monoisotopic (exact) mass is 518 g/mol. The summed E-state index contributed by atoms with van der Waals surface area (Å²) in [5, 5.41) is 18.3. The van der Waals surface area contributed by atoms with Crippen LogP contribution in [0.4, 0.5) is 4.79 Å². The predicted molar refractivity (Wildman–Crippen MR) is 128 cm³/mol. The van der Waals surface area contributed by atoms with E-state index in [1.807, 2.05) is 18.2 Å². The van der Waals surface area contributed by atoms with Gasteiger partial charge in [-0.3, -0.25) is 10.0 Å². The third kappa shape index (κ3) is 5.70. The van der Waals surface area contributed by atoms with Gasteiger partial charge < -0.3 is 14.4 Å². The fourth-order valence-corrected chi connectivity index (χ4v) is 6.83. The SMILES string of the molecule is N#Cc1ccc(C2=CCN(S(=O)(=O)CC3(C(=O)NO)CCN(C(=O)OC4CCOC4)CC3)CC2)cc1. The van der Waals surface area contributed by atoms with Crippen molar-refractivity contribution in [2.75, 3.05) is 45.1 Å². The Kier molecular flexibility index (Phi) is 7.94. The number of sulfonamides is 1. The largest absolute Gasteiger partial charge is 0.444 e. The highest BCUT2D eigenvalue weighted by Gasteiger charge is 2.47. The van der Waals surface area contributed by atoms with Crippen molar-refractivity contribution in [2.24, 2.45) is 5.41 Å². The van der Waals surface area contributed by atoms with E-state index in [0.29, 0.717) is 31.6 Å². The van der Waals surface area contributed by atoms with E-state index in [-0.39, 0.29) is 45.1 Å². The van der Waals surface area contributed by atoms with Gasteiger partial charge >= 0.3 is 6.09 Å². The first-order chi connectivity index (χ1) is 17.3. The van der Waals surface area contributed by atoms with Gasteiger partial charge in [-0.15, -0.1) is 0 Å². The highest BCUT2D eigenvalue weighted by molar-refractivity contribution is 7.89. The summed E-state index contributed by atoms with van der Waals surface area (Å²) in [5.41, 5.74) is 2.75. The minimum absolute atomic E-state index is 0.0784. The zero-order valence-corrected chi connectivity index (χ0v) is 20.7. The number of carbonyl (C=O) groups is 2. The Balaban J connectivity index is 1.40. The maximum absolute atomic E-state index is 13.3. The van der Waals surface area contributed by atoms with Crippen LogP contribution in [0, 0.1) is 16.7 Å². The van der Waals surface area contributed by atoms with Gasteiger partial charge in [-0.1, -0.05) is 18.2 Å². The van der Waals surface area contributed by atoms with E-state index in [9.17, 15) is 23.2 Å². The molecule has 36 heavy (non-hydrogen) atoms. The number of hydrogen-bond donors (Lipinski definition) is 2. The van der Waals surface area contributed by atoms with Gasteiger partial charge in [0.25, 0.3) is 5.91 Å². The van der Waals surface area contributed by atoms with E-state index in [1.165, 1.54) is 9.21 Å². The fourth-order valence-electron chi connectivity index (χ4n) is 4.86. The Morgan fingerprint density at radius 2 is 1.94 bits per heavy atom. The quantitative estimate of drug-likeness (QED) is 0.425. The van der Waals surface area contributed by atoms with Crippen LogP contribution in [0.5, 0.6) is 0 Å².